The number of rotatable bonds is 4. The highest BCUT2D eigenvalue weighted by molar-refractivity contribution is 7.92. The summed E-state index contributed by atoms with van der Waals surface area (Å²) in [5.74, 6) is -0.925. The third kappa shape index (κ3) is 2.82. The minimum absolute atomic E-state index is 0.314. The minimum atomic E-state index is -3.30. The Bertz CT molecular complexity index is 665. The summed E-state index contributed by atoms with van der Waals surface area (Å²) in [5, 5.41) is 0. The number of carbonyl (C=O) groups excluding carboxylic acids is 2. The Hall–Kier alpha value is -1.89. The van der Waals surface area contributed by atoms with E-state index in [2.05, 4.69) is 4.74 Å². The third-order valence-electron chi connectivity index (χ3n) is 3.19. The van der Waals surface area contributed by atoms with E-state index in [9.17, 15) is 18.0 Å². The van der Waals surface area contributed by atoms with Gasteiger partial charge < -0.3 is 4.74 Å². The van der Waals surface area contributed by atoms with Crippen LogP contribution in [0.1, 0.15) is 22.3 Å². The van der Waals surface area contributed by atoms with Crippen LogP contribution in [0, 0.1) is 0 Å². The molecule has 0 radical (unpaired) electrons. The maximum atomic E-state index is 11.9. The van der Waals surface area contributed by atoms with Gasteiger partial charge in [-0.1, -0.05) is 0 Å². The Morgan fingerprint density at radius 1 is 1.35 bits per heavy atom. The molecular formula is C13H15NO5S. The van der Waals surface area contributed by atoms with Crippen molar-refractivity contribution in [3.63, 3.8) is 0 Å². The normalized spacial score (nSPS) is 14.0. The molecule has 0 atom stereocenters. The number of fused-ring (bicyclic) bond motifs is 1. The molecule has 7 heteroatoms. The standard InChI is InChI=1S/C13H15NO5S/c1-19-13(16)8-12(15)10-3-4-11-9(7-10)5-6-14(11)20(2,17)18/h3-4,7H,5-6,8H2,1-2H3. The quantitative estimate of drug-likeness (QED) is 0.465. The van der Waals surface area contributed by atoms with Crippen LogP contribution in [0.25, 0.3) is 0 Å². The number of esters is 1. The zero-order chi connectivity index (χ0) is 14.9. The van der Waals surface area contributed by atoms with E-state index in [1.807, 2.05) is 0 Å². The van der Waals surface area contributed by atoms with Gasteiger partial charge in [0.15, 0.2) is 5.78 Å². The van der Waals surface area contributed by atoms with Gasteiger partial charge in [0.1, 0.15) is 6.42 Å². The fourth-order valence-corrected chi connectivity index (χ4v) is 3.15. The molecule has 0 saturated carbocycles. The maximum Gasteiger partial charge on any atom is 0.313 e. The average Bonchev–Trinajstić information content (AvgIpc) is 2.80. The fourth-order valence-electron chi connectivity index (χ4n) is 2.19. The highest BCUT2D eigenvalue weighted by Crippen LogP contribution is 2.30. The van der Waals surface area contributed by atoms with Crippen molar-refractivity contribution in [2.24, 2.45) is 0 Å². The predicted octanol–water partition coefficient (Wildman–Crippen LogP) is 0.754. The van der Waals surface area contributed by atoms with Gasteiger partial charge in [-0.3, -0.25) is 13.9 Å². The molecule has 0 N–H and O–H groups in total. The molecular weight excluding hydrogens is 282 g/mol. The van der Waals surface area contributed by atoms with Crippen LogP contribution in [0.5, 0.6) is 0 Å². The van der Waals surface area contributed by atoms with Gasteiger partial charge in [-0.15, -0.1) is 0 Å². The summed E-state index contributed by atoms with van der Waals surface area (Å²) < 4.78 is 29.0. The van der Waals surface area contributed by atoms with Crippen molar-refractivity contribution in [1.29, 1.82) is 0 Å². The van der Waals surface area contributed by atoms with Crippen LogP contribution in [0.3, 0.4) is 0 Å². The molecule has 0 bridgehead atoms. The first kappa shape index (κ1) is 14.5. The van der Waals surface area contributed by atoms with Gasteiger partial charge in [0.25, 0.3) is 0 Å². The number of Topliss-reactive ketones (excluding diaryl/α,β-unsaturated/α-hetero) is 1. The molecule has 0 aromatic heterocycles. The summed E-state index contributed by atoms with van der Waals surface area (Å²) in [4.78, 5) is 22.9. The largest absolute Gasteiger partial charge is 0.469 e. The topological polar surface area (TPSA) is 80.8 Å². The van der Waals surface area contributed by atoms with Crippen molar-refractivity contribution in [2.45, 2.75) is 12.8 Å². The first-order valence-corrected chi connectivity index (χ1v) is 7.88. The van der Waals surface area contributed by atoms with Crippen molar-refractivity contribution in [1.82, 2.24) is 0 Å². The van der Waals surface area contributed by atoms with Crippen LogP contribution in [-0.2, 0) is 26.0 Å². The lowest BCUT2D eigenvalue weighted by Crippen LogP contribution is -2.27. The van der Waals surface area contributed by atoms with Crippen LogP contribution in [0.2, 0.25) is 0 Å². The van der Waals surface area contributed by atoms with E-state index in [-0.39, 0.29) is 12.2 Å². The van der Waals surface area contributed by atoms with Crippen molar-refractivity contribution >= 4 is 27.5 Å². The molecule has 1 aromatic carbocycles. The highest BCUT2D eigenvalue weighted by atomic mass is 32.2. The van der Waals surface area contributed by atoms with E-state index in [1.54, 1.807) is 12.1 Å². The lowest BCUT2D eigenvalue weighted by Gasteiger charge is -2.16. The van der Waals surface area contributed by atoms with Gasteiger partial charge in [0.2, 0.25) is 10.0 Å². The Balaban J connectivity index is 2.27. The number of methoxy groups -OCH3 is 1. The molecule has 1 aliphatic rings. The predicted molar refractivity (Wildman–Crippen MR) is 73.3 cm³/mol. The average molecular weight is 297 g/mol. The molecule has 0 saturated heterocycles. The van der Waals surface area contributed by atoms with Crippen LogP contribution in [-0.4, -0.2) is 40.1 Å². The lowest BCUT2D eigenvalue weighted by molar-refractivity contribution is -0.139. The van der Waals surface area contributed by atoms with Crippen molar-refractivity contribution in [2.75, 3.05) is 24.2 Å². The van der Waals surface area contributed by atoms with Gasteiger partial charge in [0, 0.05) is 12.1 Å². The second kappa shape index (κ2) is 5.24. The zero-order valence-corrected chi connectivity index (χ0v) is 12.1. The van der Waals surface area contributed by atoms with Crippen LogP contribution < -0.4 is 4.31 Å². The SMILES string of the molecule is COC(=O)CC(=O)c1ccc2c(c1)CCN2S(C)(=O)=O. The summed E-state index contributed by atoms with van der Waals surface area (Å²) >= 11 is 0. The summed E-state index contributed by atoms with van der Waals surface area (Å²) in [6, 6.07) is 4.79. The maximum absolute atomic E-state index is 11.9. The van der Waals surface area contributed by atoms with Gasteiger partial charge in [-0.05, 0) is 30.2 Å². The number of hydrogen-bond donors (Lipinski definition) is 0. The number of hydrogen-bond acceptors (Lipinski definition) is 5. The summed E-state index contributed by atoms with van der Waals surface area (Å²) in [5.41, 5.74) is 1.79. The molecule has 0 aliphatic carbocycles. The van der Waals surface area contributed by atoms with Crippen molar-refractivity contribution in [3.8, 4) is 0 Å². The molecule has 20 heavy (non-hydrogen) atoms. The zero-order valence-electron chi connectivity index (χ0n) is 11.3. The lowest BCUT2D eigenvalue weighted by atomic mass is 10.0. The van der Waals surface area contributed by atoms with Crippen LogP contribution >= 0.6 is 0 Å². The molecule has 108 valence electrons. The second-order valence-electron chi connectivity index (χ2n) is 4.60. The molecule has 1 aliphatic heterocycles. The van der Waals surface area contributed by atoms with Gasteiger partial charge in [-0.2, -0.15) is 0 Å². The number of ether oxygens (including phenoxy) is 1. The first-order chi connectivity index (χ1) is 9.32. The Kier molecular flexibility index (Phi) is 3.80. The first-order valence-electron chi connectivity index (χ1n) is 6.03. The molecule has 2 rings (SSSR count). The number of anilines is 1. The number of ketones is 1. The Morgan fingerprint density at radius 3 is 2.65 bits per heavy atom. The molecule has 1 aromatic rings. The van der Waals surface area contributed by atoms with E-state index >= 15 is 0 Å². The molecule has 0 fully saturated rings. The Labute approximate surface area is 117 Å². The molecule has 0 amide bonds. The van der Waals surface area contributed by atoms with Gasteiger partial charge in [0.05, 0.1) is 19.1 Å². The smallest absolute Gasteiger partial charge is 0.313 e. The molecule has 0 unspecified atom stereocenters. The van der Waals surface area contributed by atoms with E-state index in [0.717, 1.165) is 11.8 Å². The van der Waals surface area contributed by atoms with E-state index in [4.69, 9.17) is 0 Å². The Morgan fingerprint density at radius 2 is 2.05 bits per heavy atom. The van der Waals surface area contributed by atoms with E-state index < -0.39 is 16.0 Å². The van der Waals surface area contributed by atoms with Crippen LogP contribution in [0.4, 0.5) is 5.69 Å². The third-order valence-corrected chi connectivity index (χ3v) is 4.37. The van der Waals surface area contributed by atoms with Crippen molar-refractivity contribution in [3.05, 3.63) is 29.3 Å². The van der Waals surface area contributed by atoms with Crippen molar-refractivity contribution < 1.29 is 22.7 Å². The number of carbonyl (C=O) groups is 2. The molecule has 6 nitrogen and oxygen atoms in total. The molecule has 1 heterocycles. The summed E-state index contributed by atoms with van der Waals surface area (Å²) in [6.45, 7) is 0.378. The fraction of sp³-hybridized carbons (Fsp3) is 0.385. The summed E-state index contributed by atoms with van der Waals surface area (Å²) in [6.07, 6.45) is 1.39. The minimum Gasteiger partial charge on any atom is -0.469 e. The number of benzene rings is 1. The van der Waals surface area contributed by atoms with E-state index in [0.29, 0.717) is 24.2 Å². The van der Waals surface area contributed by atoms with Gasteiger partial charge in [-0.25, -0.2) is 8.42 Å². The second-order valence-corrected chi connectivity index (χ2v) is 6.51. The monoisotopic (exact) mass is 297 g/mol. The molecule has 0 spiro atoms. The van der Waals surface area contributed by atoms with E-state index in [1.165, 1.54) is 17.5 Å². The number of nitrogens with zero attached hydrogens (tertiary/aromatic N) is 1. The van der Waals surface area contributed by atoms with Crippen LogP contribution in [0.15, 0.2) is 18.2 Å². The number of sulfonamides is 1. The summed E-state index contributed by atoms with van der Waals surface area (Å²) in [7, 11) is -2.07. The van der Waals surface area contributed by atoms with Gasteiger partial charge >= 0.3 is 5.97 Å². The highest BCUT2D eigenvalue weighted by Gasteiger charge is 2.26.